The van der Waals surface area contributed by atoms with Gasteiger partial charge in [0.25, 0.3) is 0 Å². The molecule has 1 amide bonds. The molecule has 0 saturated carbocycles. The van der Waals surface area contributed by atoms with Crippen LogP contribution in [0.1, 0.15) is 42.4 Å². The van der Waals surface area contributed by atoms with Crippen LogP contribution in [0.4, 0.5) is 0 Å². The Morgan fingerprint density at radius 3 is 2.68 bits per heavy atom. The minimum Gasteiger partial charge on any atom is -0.481 e. The third-order valence-electron chi connectivity index (χ3n) is 5.57. The zero-order valence-electron chi connectivity index (χ0n) is 14.9. The van der Waals surface area contributed by atoms with E-state index in [1.807, 2.05) is 6.07 Å². The van der Waals surface area contributed by atoms with Gasteiger partial charge in [-0.2, -0.15) is 0 Å². The van der Waals surface area contributed by atoms with Gasteiger partial charge in [-0.1, -0.05) is 18.2 Å². The number of carbonyl (C=O) groups excluding carboxylic acids is 1. The molecule has 1 atom stereocenters. The number of carboxylic acids is 1. The Morgan fingerprint density at radius 2 is 1.96 bits per heavy atom. The number of carboxylic acid groups (broad SMARTS) is 1. The van der Waals surface area contributed by atoms with Gasteiger partial charge in [0.1, 0.15) is 5.41 Å². The predicted molar refractivity (Wildman–Crippen MR) is 94.5 cm³/mol. The molecule has 136 valence electrons. The van der Waals surface area contributed by atoms with Gasteiger partial charge in [0.05, 0.1) is 13.0 Å². The largest absolute Gasteiger partial charge is 0.481 e. The maximum Gasteiger partial charge on any atom is 0.313 e. The highest BCUT2D eigenvalue weighted by Crippen LogP contribution is 2.31. The third-order valence-corrected chi connectivity index (χ3v) is 5.57. The number of benzene rings is 1. The lowest BCUT2D eigenvalue weighted by Gasteiger charge is -2.39. The molecule has 3 rings (SSSR count). The number of likely N-dealkylation sites (tertiary alicyclic amines) is 1. The number of piperidine rings is 1. The van der Waals surface area contributed by atoms with E-state index in [0.29, 0.717) is 25.8 Å². The first kappa shape index (κ1) is 17.9. The fourth-order valence-electron chi connectivity index (χ4n) is 4.16. The highest BCUT2D eigenvalue weighted by molar-refractivity contribution is 5.81. The summed E-state index contributed by atoms with van der Waals surface area (Å²) in [6.45, 7) is 1.01. The summed E-state index contributed by atoms with van der Waals surface area (Å²) in [6, 6.07) is 6.36. The Balaban J connectivity index is 1.69. The van der Waals surface area contributed by atoms with Gasteiger partial charge in [-0.3, -0.25) is 9.59 Å². The average molecular weight is 345 g/mol. The molecule has 1 unspecified atom stereocenters. The van der Waals surface area contributed by atoms with Crippen molar-refractivity contribution in [2.75, 3.05) is 26.8 Å². The topological polar surface area (TPSA) is 66.8 Å². The number of nitrogens with zero attached hydrogens (tertiary/aromatic N) is 1. The summed E-state index contributed by atoms with van der Waals surface area (Å²) in [5, 5.41) is 9.62. The van der Waals surface area contributed by atoms with Gasteiger partial charge in [-0.15, -0.1) is 0 Å². The summed E-state index contributed by atoms with van der Waals surface area (Å²) in [5.41, 5.74) is 2.84. The SMILES string of the molecule is COCC1(C(=O)O)CCCN(C(=O)Cc2ccc3c(c2)CCCC3)C1. The Hall–Kier alpha value is -1.88. The van der Waals surface area contributed by atoms with Gasteiger partial charge in [0.2, 0.25) is 5.91 Å². The summed E-state index contributed by atoms with van der Waals surface area (Å²) in [4.78, 5) is 26.2. The van der Waals surface area contributed by atoms with Crippen LogP contribution in [0.25, 0.3) is 0 Å². The molecule has 2 aliphatic rings. The van der Waals surface area contributed by atoms with Crippen LogP contribution in [0.15, 0.2) is 18.2 Å². The van der Waals surface area contributed by atoms with E-state index in [1.54, 1.807) is 4.90 Å². The lowest BCUT2D eigenvalue weighted by molar-refractivity contribution is -0.159. The first-order chi connectivity index (χ1) is 12.0. The molecule has 0 aromatic heterocycles. The maximum absolute atomic E-state index is 12.7. The number of fused-ring (bicyclic) bond motifs is 1. The maximum atomic E-state index is 12.7. The van der Waals surface area contributed by atoms with E-state index in [9.17, 15) is 14.7 Å². The average Bonchev–Trinajstić information content (AvgIpc) is 2.62. The van der Waals surface area contributed by atoms with Gasteiger partial charge in [0, 0.05) is 20.2 Å². The number of amides is 1. The lowest BCUT2D eigenvalue weighted by atomic mass is 9.80. The van der Waals surface area contributed by atoms with E-state index in [4.69, 9.17) is 4.74 Å². The van der Waals surface area contributed by atoms with E-state index in [-0.39, 0.29) is 19.1 Å². The number of methoxy groups -OCH3 is 1. The van der Waals surface area contributed by atoms with E-state index in [1.165, 1.54) is 31.1 Å². The molecular weight excluding hydrogens is 318 g/mol. The van der Waals surface area contributed by atoms with Crippen molar-refractivity contribution >= 4 is 11.9 Å². The van der Waals surface area contributed by atoms with Gasteiger partial charge in [0.15, 0.2) is 0 Å². The molecule has 5 heteroatoms. The molecule has 25 heavy (non-hydrogen) atoms. The van der Waals surface area contributed by atoms with Crippen LogP contribution >= 0.6 is 0 Å². The first-order valence-electron chi connectivity index (χ1n) is 9.15. The van der Waals surface area contributed by atoms with Crippen molar-refractivity contribution in [1.82, 2.24) is 4.90 Å². The minimum atomic E-state index is -0.974. The van der Waals surface area contributed by atoms with Gasteiger partial charge < -0.3 is 14.7 Å². The smallest absolute Gasteiger partial charge is 0.313 e. The van der Waals surface area contributed by atoms with Gasteiger partial charge >= 0.3 is 5.97 Å². The van der Waals surface area contributed by atoms with Crippen molar-refractivity contribution < 1.29 is 19.4 Å². The van der Waals surface area contributed by atoms with Crippen LogP contribution in [-0.2, 0) is 33.6 Å². The highest BCUT2D eigenvalue weighted by Gasteiger charge is 2.43. The number of rotatable bonds is 5. The highest BCUT2D eigenvalue weighted by atomic mass is 16.5. The van der Waals surface area contributed by atoms with Crippen molar-refractivity contribution in [3.63, 3.8) is 0 Å². The second kappa shape index (κ2) is 7.56. The molecule has 0 bridgehead atoms. The third kappa shape index (κ3) is 3.87. The number of hydrogen-bond acceptors (Lipinski definition) is 3. The fourth-order valence-corrected chi connectivity index (χ4v) is 4.16. The summed E-state index contributed by atoms with van der Waals surface area (Å²) < 4.78 is 5.14. The van der Waals surface area contributed by atoms with Crippen molar-refractivity contribution in [2.45, 2.75) is 44.9 Å². The molecule has 1 aliphatic heterocycles. The second-order valence-electron chi connectivity index (χ2n) is 7.42. The summed E-state index contributed by atoms with van der Waals surface area (Å²) in [5.74, 6) is -0.863. The van der Waals surface area contributed by atoms with Gasteiger partial charge in [-0.25, -0.2) is 0 Å². The van der Waals surface area contributed by atoms with E-state index >= 15 is 0 Å². The fraction of sp³-hybridized carbons (Fsp3) is 0.600. The number of aryl methyl sites for hydroxylation is 2. The van der Waals surface area contributed by atoms with E-state index in [2.05, 4.69) is 12.1 Å². The van der Waals surface area contributed by atoms with Crippen molar-refractivity contribution in [2.24, 2.45) is 5.41 Å². The summed E-state index contributed by atoms with van der Waals surface area (Å²) in [7, 11) is 1.51. The van der Waals surface area contributed by atoms with Crippen LogP contribution in [0, 0.1) is 5.41 Å². The van der Waals surface area contributed by atoms with Crippen LogP contribution in [0.3, 0.4) is 0 Å². The molecule has 1 N–H and O–H groups in total. The zero-order valence-corrected chi connectivity index (χ0v) is 14.9. The quantitative estimate of drug-likeness (QED) is 0.890. The zero-order chi connectivity index (χ0) is 17.9. The van der Waals surface area contributed by atoms with Crippen LogP contribution in [0.2, 0.25) is 0 Å². The Labute approximate surface area is 149 Å². The minimum absolute atomic E-state index is 0.0113. The molecule has 1 heterocycles. The van der Waals surface area contributed by atoms with Crippen molar-refractivity contribution in [1.29, 1.82) is 0 Å². The standard InChI is InChI=1S/C20H27NO4/c1-25-14-20(19(23)24)9-4-10-21(13-20)18(22)12-15-7-8-16-5-2-3-6-17(16)11-15/h7-8,11H,2-6,9-10,12-14H2,1H3,(H,23,24). The Bertz CT molecular complexity index is 653. The van der Waals surface area contributed by atoms with Crippen LogP contribution < -0.4 is 0 Å². The Kier molecular flexibility index (Phi) is 5.42. The van der Waals surface area contributed by atoms with E-state index < -0.39 is 11.4 Å². The molecule has 1 aromatic carbocycles. The molecular formula is C20H27NO4. The van der Waals surface area contributed by atoms with E-state index in [0.717, 1.165) is 18.4 Å². The first-order valence-corrected chi connectivity index (χ1v) is 9.15. The summed E-state index contributed by atoms with van der Waals surface area (Å²) >= 11 is 0. The molecule has 0 radical (unpaired) electrons. The van der Waals surface area contributed by atoms with Crippen molar-refractivity contribution in [3.8, 4) is 0 Å². The molecule has 5 nitrogen and oxygen atoms in total. The number of ether oxygens (including phenoxy) is 1. The van der Waals surface area contributed by atoms with Crippen LogP contribution in [0.5, 0.6) is 0 Å². The number of aliphatic carboxylic acids is 1. The predicted octanol–water partition coefficient (Wildman–Crippen LogP) is 2.45. The number of carbonyl (C=O) groups is 2. The van der Waals surface area contributed by atoms with Gasteiger partial charge in [-0.05, 0) is 55.2 Å². The number of hydrogen-bond donors (Lipinski definition) is 1. The molecule has 1 saturated heterocycles. The normalized spacial score (nSPS) is 23.2. The molecule has 1 aliphatic carbocycles. The second-order valence-corrected chi connectivity index (χ2v) is 7.42. The molecule has 1 aromatic rings. The van der Waals surface area contributed by atoms with Crippen molar-refractivity contribution in [3.05, 3.63) is 34.9 Å². The summed E-state index contributed by atoms with van der Waals surface area (Å²) in [6.07, 6.45) is 6.29. The Morgan fingerprint density at radius 1 is 1.20 bits per heavy atom. The van der Waals surface area contributed by atoms with Crippen LogP contribution in [-0.4, -0.2) is 48.7 Å². The molecule has 1 fully saturated rings. The molecule has 0 spiro atoms. The lowest BCUT2D eigenvalue weighted by Crippen LogP contribution is -2.52. The monoisotopic (exact) mass is 345 g/mol.